The SMILES string of the molecule is CC(C)(C)OC(=O)N(NCCN)c1ccc(CN2CCCC2)cc1. The molecule has 1 amide bonds. The van der Waals surface area contributed by atoms with Crippen molar-refractivity contribution in [3.05, 3.63) is 29.8 Å². The number of likely N-dealkylation sites (tertiary alicyclic amines) is 1. The molecule has 134 valence electrons. The molecule has 1 aromatic carbocycles. The highest BCUT2D eigenvalue weighted by Crippen LogP contribution is 2.19. The van der Waals surface area contributed by atoms with E-state index in [4.69, 9.17) is 10.5 Å². The van der Waals surface area contributed by atoms with Crippen LogP contribution in [0.3, 0.4) is 0 Å². The molecule has 0 radical (unpaired) electrons. The third kappa shape index (κ3) is 5.78. The van der Waals surface area contributed by atoms with E-state index in [-0.39, 0.29) is 0 Å². The molecule has 0 spiro atoms. The van der Waals surface area contributed by atoms with Crippen molar-refractivity contribution in [2.24, 2.45) is 5.73 Å². The number of hydrogen-bond donors (Lipinski definition) is 2. The molecule has 0 aliphatic carbocycles. The Balaban J connectivity index is 2.05. The first kappa shape index (κ1) is 18.7. The lowest BCUT2D eigenvalue weighted by Crippen LogP contribution is -2.47. The summed E-state index contributed by atoms with van der Waals surface area (Å²) in [6, 6.07) is 8.02. The third-order valence-corrected chi connectivity index (χ3v) is 3.79. The summed E-state index contributed by atoms with van der Waals surface area (Å²) < 4.78 is 5.46. The minimum Gasteiger partial charge on any atom is -0.442 e. The zero-order chi connectivity index (χ0) is 17.6. The fraction of sp³-hybridized carbons (Fsp3) is 0.611. The van der Waals surface area contributed by atoms with Crippen LogP contribution >= 0.6 is 0 Å². The van der Waals surface area contributed by atoms with E-state index < -0.39 is 11.7 Å². The van der Waals surface area contributed by atoms with E-state index in [1.54, 1.807) is 0 Å². The summed E-state index contributed by atoms with van der Waals surface area (Å²) in [6.07, 6.45) is 2.14. The molecule has 1 aromatic rings. The van der Waals surface area contributed by atoms with Crippen LogP contribution in [0.2, 0.25) is 0 Å². The molecular formula is C18H30N4O2. The van der Waals surface area contributed by atoms with Gasteiger partial charge in [-0.3, -0.25) is 4.90 Å². The quantitative estimate of drug-likeness (QED) is 0.782. The van der Waals surface area contributed by atoms with Gasteiger partial charge in [0.05, 0.1) is 5.69 Å². The zero-order valence-electron chi connectivity index (χ0n) is 15.0. The largest absolute Gasteiger partial charge is 0.442 e. The molecule has 1 heterocycles. The maximum Gasteiger partial charge on any atom is 0.429 e. The van der Waals surface area contributed by atoms with Gasteiger partial charge in [0.2, 0.25) is 0 Å². The summed E-state index contributed by atoms with van der Waals surface area (Å²) in [5, 5.41) is 1.43. The van der Waals surface area contributed by atoms with Crippen LogP contribution in [0, 0.1) is 0 Å². The molecule has 1 aliphatic rings. The Bertz CT molecular complexity index is 519. The number of benzene rings is 1. The number of nitrogens with one attached hydrogen (secondary N) is 1. The zero-order valence-corrected chi connectivity index (χ0v) is 15.0. The second-order valence-corrected chi connectivity index (χ2v) is 7.16. The molecule has 3 N–H and O–H groups in total. The minimum absolute atomic E-state index is 0.428. The molecule has 6 nitrogen and oxygen atoms in total. The second kappa shape index (κ2) is 8.46. The fourth-order valence-corrected chi connectivity index (χ4v) is 2.69. The average Bonchev–Trinajstić information content (AvgIpc) is 3.00. The Morgan fingerprint density at radius 3 is 2.42 bits per heavy atom. The molecule has 0 unspecified atom stereocenters. The van der Waals surface area contributed by atoms with Gasteiger partial charge in [-0.2, -0.15) is 0 Å². The van der Waals surface area contributed by atoms with Gasteiger partial charge < -0.3 is 10.5 Å². The first-order valence-corrected chi connectivity index (χ1v) is 8.67. The molecular weight excluding hydrogens is 304 g/mol. The summed E-state index contributed by atoms with van der Waals surface area (Å²) in [7, 11) is 0. The normalized spacial score (nSPS) is 15.5. The number of nitrogens with zero attached hydrogens (tertiary/aromatic N) is 2. The van der Waals surface area contributed by atoms with Crippen LogP contribution in [0.4, 0.5) is 10.5 Å². The number of rotatable bonds is 6. The summed E-state index contributed by atoms with van der Waals surface area (Å²) in [5.41, 5.74) is 10.0. The van der Waals surface area contributed by atoms with Crippen molar-refractivity contribution in [2.45, 2.75) is 45.8 Å². The molecule has 0 saturated carbocycles. The average molecular weight is 334 g/mol. The van der Waals surface area contributed by atoms with Gasteiger partial charge in [-0.25, -0.2) is 15.2 Å². The minimum atomic E-state index is -0.546. The van der Waals surface area contributed by atoms with Gasteiger partial charge in [0.25, 0.3) is 0 Å². The Morgan fingerprint density at radius 2 is 1.88 bits per heavy atom. The Morgan fingerprint density at radius 1 is 1.25 bits per heavy atom. The standard InChI is InChI=1S/C18H30N4O2/c1-18(2,3)24-17(23)22(20-11-10-19)16-8-6-15(7-9-16)14-21-12-4-5-13-21/h6-9,20H,4-5,10-14,19H2,1-3H3. The molecule has 0 atom stereocenters. The molecule has 2 rings (SSSR count). The number of nitrogens with two attached hydrogens (primary N) is 1. The van der Waals surface area contributed by atoms with Gasteiger partial charge in [0.15, 0.2) is 0 Å². The highest BCUT2D eigenvalue weighted by Gasteiger charge is 2.23. The lowest BCUT2D eigenvalue weighted by atomic mass is 10.2. The predicted octanol–water partition coefficient (Wildman–Crippen LogP) is 2.49. The Kier molecular flexibility index (Phi) is 6.60. The van der Waals surface area contributed by atoms with Crippen molar-refractivity contribution in [1.82, 2.24) is 10.3 Å². The van der Waals surface area contributed by atoms with E-state index >= 15 is 0 Å². The van der Waals surface area contributed by atoms with Gasteiger partial charge >= 0.3 is 6.09 Å². The van der Waals surface area contributed by atoms with Crippen LogP contribution in [0.25, 0.3) is 0 Å². The molecule has 6 heteroatoms. The maximum atomic E-state index is 12.4. The van der Waals surface area contributed by atoms with E-state index in [0.717, 1.165) is 12.2 Å². The van der Waals surface area contributed by atoms with Crippen LogP contribution in [-0.4, -0.2) is 42.8 Å². The van der Waals surface area contributed by atoms with E-state index in [2.05, 4.69) is 22.5 Å². The molecule has 24 heavy (non-hydrogen) atoms. The van der Waals surface area contributed by atoms with Gasteiger partial charge in [-0.05, 0) is 64.4 Å². The monoisotopic (exact) mass is 334 g/mol. The summed E-state index contributed by atoms with van der Waals surface area (Å²) in [5.74, 6) is 0. The summed E-state index contributed by atoms with van der Waals surface area (Å²) >= 11 is 0. The van der Waals surface area contributed by atoms with Gasteiger partial charge in [-0.15, -0.1) is 0 Å². The molecule has 1 aliphatic heterocycles. The van der Waals surface area contributed by atoms with Crippen molar-refractivity contribution in [3.63, 3.8) is 0 Å². The number of hydrogen-bond acceptors (Lipinski definition) is 5. The first-order chi connectivity index (χ1) is 11.4. The smallest absolute Gasteiger partial charge is 0.429 e. The lowest BCUT2D eigenvalue weighted by molar-refractivity contribution is 0.0562. The molecule has 1 fully saturated rings. The van der Waals surface area contributed by atoms with Crippen LogP contribution in [0.15, 0.2) is 24.3 Å². The van der Waals surface area contributed by atoms with E-state index in [1.165, 1.54) is 36.5 Å². The van der Waals surface area contributed by atoms with Crippen LogP contribution in [0.1, 0.15) is 39.2 Å². The van der Waals surface area contributed by atoms with E-state index in [9.17, 15) is 4.79 Å². The van der Waals surface area contributed by atoms with Crippen LogP contribution < -0.4 is 16.2 Å². The van der Waals surface area contributed by atoms with E-state index in [1.807, 2.05) is 32.9 Å². The predicted molar refractivity (Wildman–Crippen MR) is 96.7 cm³/mol. The third-order valence-electron chi connectivity index (χ3n) is 3.79. The summed E-state index contributed by atoms with van der Waals surface area (Å²) in [4.78, 5) is 14.9. The number of anilines is 1. The van der Waals surface area contributed by atoms with Crippen molar-refractivity contribution < 1.29 is 9.53 Å². The van der Waals surface area contributed by atoms with Crippen LogP contribution in [-0.2, 0) is 11.3 Å². The topological polar surface area (TPSA) is 70.8 Å². The molecule has 0 bridgehead atoms. The van der Waals surface area contributed by atoms with Crippen LogP contribution in [0.5, 0.6) is 0 Å². The Hall–Kier alpha value is -1.63. The lowest BCUT2D eigenvalue weighted by Gasteiger charge is -2.28. The number of carbonyl (C=O) groups is 1. The Labute approximate surface area is 144 Å². The summed E-state index contributed by atoms with van der Waals surface area (Å²) in [6.45, 7) is 9.79. The van der Waals surface area contributed by atoms with Crippen molar-refractivity contribution in [2.75, 3.05) is 31.2 Å². The van der Waals surface area contributed by atoms with Gasteiger partial charge in [0, 0.05) is 19.6 Å². The number of ether oxygens (including phenoxy) is 1. The molecule has 0 aromatic heterocycles. The van der Waals surface area contributed by atoms with Gasteiger partial charge in [0.1, 0.15) is 5.60 Å². The van der Waals surface area contributed by atoms with Crippen molar-refractivity contribution in [3.8, 4) is 0 Å². The first-order valence-electron chi connectivity index (χ1n) is 8.67. The number of carbonyl (C=O) groups excluding carboxylic acids is 1. The maximum absolute atomic E-state index is 12.4. The van der Waals surface area contributed by atoms with Crippen molar-refractivity contribution >= 4 is 11.8 Å². The number of hydrazine groups is 1. The second-order valence-electron chi connectivity index (χ2n) is 7.16. The highest BCUT2D eigenvalue weighted by molar-refractivity contribution is 5.86. The number of amides is 1. The van der Waals surface area contributed by atoms with Crippen molar-refractivity contribution in [1.29, 1.82) is 0 Å². The fourth-order valence-electron chi connectivity index (χ4n) is 2.69. The van der Waals surface area contributed by atoms with E-state index in [0.29, 0.717) is 13.1 Å². The van der Waals surface area contributed by atoms with Gasteiger partial charge in [-0.1, -0.05) is 12.1 Å². The highest BCUT2D eigenvalue weighted by atomic mass is 16.6. The molecule has 1 saturated heterocycles.